The van der Waals surface area contributed by atoms with E-state index in [1.807, 2.05) is 73.1 Å². The van der Waals surface area contributed by atoms with Crippen molar-refractivity contribution in [2.45, 2.75) is 25.8 Å². The van der Waals surface area contributed by atoms with Crippen LogP contribution in [0.15, 0.2) is 79.9 Å². The molecule has 8 heteroatoms. The van der Waals surface area contributed by atoms with Crippen LogP contribution in [0.3, 0.4) is 0 Å². The van der Waals surface area contributed by atoms with Gasteiger partial charge in [0, 0.05) is 36.3 Å². The molecule has 0 bridgehead atoms. The second-order valence-electron chi connectivity index (χ2n) is 9.83. The van der Waals surface area contributed by atoms with Crippen molar-refractivity contribution in [3.8, 4) is 23.3 Å². The van der Waals surface area contributed by atoms with E-state index in [2.05, 4.69) is 38.7 Å². The molecule has 0 aliphatic carbocycles. The summed E-state index contributed by atoms with van der Waals surface area (Å²) in [4.78, 5) is 27.2. The monoisotopic (exact) mass is 528 g/mol. The van der Waals surface area contributed by atoms with Crippen LogP contribution in [0.4, 0.5) is 11.5 Å². The summed E-state index contributed by atoms with van der Waals surface area (Å²) in [5, 5.41) is 4.29. The molecule has 1 unspecified atom stereocenters. The Labute approximate surface area is 232 Å². The minimum absolute atomic E-state index is 0.0730. The number of carbonyl (C=O) groups excluding carboxylic acids is 1. The lowest BCUT2D eigenvalue weighted by molar-refractivity contribution is -0.125. The van der Waals surface area contributed by atoms with Crippen LogP contribution in [-0.4, -0.2) is 42.9 Å². The van der Waals surface area contributed by atoms with E-state index < -0.39 is 0 Å². The number of likely N-dealkylation sites (tertiary alicyclic amines) is 1. The molecule has 5 aromatic rings. The van der Waals surface area contributed by atoms with Gasteiger partial charge < -0.3 is 19.5 Å². The number of nitrogens with zero attached hydrogens (tertiary/aromatic N) is 5. The molecule has 1 amide bonds. The Kier molecular flexibility index (Phi) is 6.62. The lowest BCUT2D eigenvalue weighted by Gasteiger charge is -2.18. The third kappa shape index (κ3) is 4.97. The first-order valence-electron chi connectivity index (χ1n) is 13.1. The SMILES string of the molecule is C=CC(=O)N1CCCC1C#Cc1ccc2ncnc(Nc3ccc(Oc4ccc5c(c4)ncn5C)c(C)c3)c2c1. The standard InChI is InChI=1S/C32H28N6O2/c1-4-31(39)38-15-5-6-24(38)10-7-22-8-12-27-26(17-22)32(34-19-33-27)36-23-9-14-30(21(2)16-23)40-25-11-13-29-28(18-25)35-20-37(29)3/h4,8-9,11-14,16-20,24H,1,5-6,15H2,2-3H3,(H,33,34,36). The molecule has 6 rings (SSSR count). The number of carbonyl (C=O) groups is 1. The first kappa shape index (κ1) is 25.1. The average Bonchev–Trinajstić information content (AvgIpc) is 3.59. The van der Waals surface area contributed by atoms with E-state index >= 15 is 0 Å². The molecule has 1 N–H and O–H groups in total. The van der Waals surface area contributed by atoms with Crippen molar-refractivity contribution in [2.75, 3.05) is 11.9 Å². The van der Waals surface area contributed by atoms with E-state index in [1.165, 1.54) is 6.08 Å². The van der Waals surface area contributed by atoms with E-state index in [-0.39, 0.29) is 11.9 Å². The number of fused-ring (bicyclic) bond motifs is 2. The van der Waals surface area contributed by atoms with Crippen molar-refractivity contribution in [1.29, 1.82) is 0 Å². The van der Waals surface area contributed by atoms with Crippen molar-refractivity contribution in [3.63, 3.8) is 0 Å². The number of nitrogens with one attached hydrogen (secondary N) is 1. The highest BCUT2D eigenvalue weighted by Gasteiger charge is 2.25. The van der Waals surface area contributed by atoms with E-state index in [0.29, 0.717) is 12.4 Å². The van der Waals surface area contributed by atoms with Gasteiger partial charge in [0.2, 0.25) is 5.91 Å². The highest BCUT2D eigenvalue weighted by Crippen LogP contribution is 2.31. The summed E-state index contributed by atoms with van der Waals surface area (Å²) >= 11 is 0. The first-order valence-corrected chi connectivity index (χ1v) is 13.1. The van der Waals surface area contributed by atoms with Crippen LogP contribution in [0.5, 0.6) is 11.5 Å². The number of hydrogen-bond acceptors (Lipinski definition) is 6. The largest absolute Gasteiger partial charge is 0.457 e. The van der Waals surface area contributed by atoms with Crippen LogP contribution in [0.1, 0.15) is 24.0 Å². The van der Waals surface area contributed by atoms with Crippen molar-refractivity contribution in [1.82, 2.24) is 24.4 Å². The molecule has 8 nitrogen and oxygen atoms in total. The second kappa shape index (κ2) is 10.5. The quantitative estimate of drug-likeness (QED) is 0.226. The van der Waals surface area contributed by atoms with Gasteiger partial charge in [-0.15, -0.1) is 0 Å². The molecule has 40 heavy (non-hydrogen) atoms. The number of hydrogen-bond donors (Lipinski definition) is 1. The number of aryl methyl sites for hydroxylation is 2. The van der Waals surface area contributed by atoms with Crippen LogP contribution in [0.2, 0.25) is 0 Å². The zero-order valence-electron chi connectivity index (χ0n) is 22.4. The maximum absolute atomic E-state index is 12.1. The Balaban J connectivity index is 1.22. The molecule has 0 spiro atoms. The highest BCUT2D eigenvalue weighted by molar-refractivity contribution is 5.92. The molecule has 1 aliphatic heterocycles. The van der Waals surface area contributed by atoms with Gasteiger partial charge in [-0.05, 0) is 79.9 Å². The van der Waals surface area contributed by atoms with E-state index in [4.69, 9.17) is 4.74 Å². The van der Waals surface area contributed by atoms with Crippen LogP contribution >= 0.6 is 0 Å². The molecule has 1 atom stereocenters. The Morgan fingerprint density at radius 3 is 2.85 bits per heavy atom. The van der Waals surface area contributed by atoms with Crippen molar-refractivity contribution in [2.24, 2.45) is 7.05 Å². The Morgan fingerprint density at radius 1 is 1.10 bits per heavy atom. The van der Waals surface area contributed by atoms with Gasteiger partial charge in [-0.1, -0.05) is 18.4 Å². The highest BCUT2D eigenvalue weighted by atomic mass is 16.5. The molecule has 1 saturated heterocycles. The zero-order chi connectivity index (χ0) is 27.6. The number of rotatable bonds is 5. The van der Waals surface area contributed by atoms with E-state index in [1.54, 1.807) is 17.6 Å². The van der Waals surface area contributed by atoms with Gasteiger partial charge in [-0.25, -0.2) is 15.0 Å². The Hall–Kier alpha value is -5.16. The Morgan fingerprint density at radius 2 is 2.00 bits per heavy atom. The summed E-state index contributed by atoms with van der Waals surface area (Å²) < 4.78 is 8.15. The Bertz CT molecular complexity index is 1830. The summed E-state index contributed by atoms with van der Waals surface area (Å²) in [7, 11) is 1.97. The summed E-state index contributed by atoms with van der Waals surface area (Å²) in [6.07, 6.45) is 6.51. The van der Waals surface area contributed by atoms with E-state index in [9.17, 15) is 4.79 Å². The van der Waals surface area contributed by atoms with Crippen molar-refractivity contribution >= 4 is 39.3 Å². The minimum Gasteiger partial charge on any atom is -0.457 e. The lowest BCUT2D eigenvalue weighted by Crippen LogP contribution is -2.33. The van der Waals surface area contributed by atoms with Gasteiger partial charge in [-0.3, -0.25) is 4.79 Å². The molecular weight excluding hydrogens is 500 g/mol. The number of aromatic nitrogens is 4. The number of imidazole rings is 1. The summed E-state index contributed by atoms with van der Waals surface area (Å²) in [6.45, 7) is 6.33. The van der Waals surface area contributed by atoms with Crippen molar-refractivity contribution in [3.05, 3.63) is 91.0 Å². The number of amides is 1. The molecular formula is C32H28N6O2. The van der Waals surface area contributed by atoms with Gasteiger partial charge in [0.05, 0.1) is 28.9 Å². The van der Waals surface area contributed by atoms with Gasteiger partial charge in [0.1, 0.15) is 23.6 Å². The zero-order valence-corrected chi connectivity index (χ0v) is 22.4. The fourth-order valence-corrected chi connectivity index (χ4v) is 4.98. The molecule has 1 aliphatic rings. The van der Waals surface area contributed by atoms with Crippen LogP contribution in [-0.2, 0) is 11.8 Å². The topological polar surface area (TPSA) is 85.2 Å². The predicted octanol–water partition coefficient (Wildman–Crippen LogP) is 5.89. The lowest BCUT2D eigenvalue weighted by atomic mass is 10.1. The fraction of sp³-hybridized carbons (Fsp3) is 0.188. The summed E-state index contributed by atoms with van der Waals surface area (Å²) in [5.74, 6) is 8.63. The van der Waals surface area contributed by atoms with Gasteiger partial charge in [0.15, 0.2) is 0 Å². The summed E-state index contributed by atoms with van der Waals surface area (Å²) in [6, 6.07) is 17.6. The fourth-order valence-electron chi connectivity index (χ4n) is 4.98. The molecule has 3 aromatic carbocycles. The first-order chi connectivity index (χ1) is 19.5. The minimum atomic E-state index is -0.0969. The van der Waals surface area contributed by atoms with Crippen LogP contribution < -0.4 is 10.1 Å². The predicted molar refractivity (Wildman–Crippen MR) is 157 cm³/mol. The molecule has 198 valence electrons. The normalized spacial score (nSPS) is 14.7. The third-order valence-electron chi connectivity index (χ3n) is 7.09. The third-order valence-corrected chi connectivity index (χ3v) is 7.09. The smallest absolute Gasteiger partial charge is 0.246 e. The molecule has 3 heterocycles. The summed E-state index contributed by atoms with van der Waals surface area (Å²) in [5.41, 5.74) is 5.46. The van der Waals surface area contributed by atoms with Crippen molar-refractivity contribution < 1.29 is 9.53 Å². The molecule has 2 aromatic heterocycles. The van der Waals surface area contributed by atoms with Gasteiger partial charge in [-0.2, -0.15) is 0 Å². The number of anilines is 2. The van der Waals surface area contributed by atoms with Gasteiger partial charge >= 0.3 is 0 Å². The molecule has 0 saturated carbocycles. The van der Waals surface area contributed by atoms with Gasteiger partial charge in [0.25, 0.3) is 0 Å². The maximum Gasteiger partial charge on any atom is 0.246 e. The second-order valence-corrected chi connectivity index (χ2v) is 9.83. The molecule has 1 fully saturated rings. The average molecular weight is 529 g/mol. The van der Waals surface area contributed by atoms with Crippen LogP contribution in [0, 0.1) is 18.8 Å². The number of ether oxygens (including phenoxy) is 1. The molecule has 0 radical (unpaired) electrons. The van der Waals surface area contributed by atoms with Crippen LogP contribution in [0.25, 0.3) is 21.9 Å². The maximum atomic E-state index is 12.1. The van der Waals surface area contributed by atoms with E-state index in [0.717, 1.165) is 63.1 Å². The number of benzene rings is 3.